The van der Waals surface area contributed by atoms with Gasteiger partial charge in [0.25, 0.3) is 0 Å². The van der Waals surface area contributed by atoms with Gasteiger partial charge in [0.1, 0.15) is 6.54 Å². The van der Waals surface area contributed by atoms with Crippen LogP contribution in [0.3, 0.4) is 0 Å². The highest BCUT2D eigenvalue weighted by atomic mass is 16.4. The molecule has 0 saturated carbocycles. The summed E-state index contributed by atoms with van der Waals surface area (Å²) in [5.74, 6) is -0.463. The Morgan fingerprint density at radius 1 is 1.57 bits per heavy atom. The minimum Gasteiger partial charge on any atom is -0.390 e. The third-order valence-corrected chi connectivity index (χ3v) is 1.63. The van der Waals surface area contributed by atoms with Crippen LogP contribution in [0.4, 0.5) is 12.0 Å². The lowest BCUT2D eigenvalue weighted by molar-refractivity contribution is -0.116. The van der Waals surface area contributed by atoms with Gasteiger partial charge in [0.2, 0.25) is 5.91 Å². The van der Waals surface area contributed by atoms with E-state index >= 15 is 0 Å². The molecule has 0 aliphatic heterocycles. The summed E-state index contributed by atoms with van der Waals surface area (Å²) >= 11 is 0. The molecule has 0 aromatic carbocycles. The van der Waals surface area contributed by atoms with Crippen molar-refractivity contribution in [2.45, 2.75) is 19.9 Å². The summed E-state index contributed by atoms with van der Waals surface area (Å²) in [7, 11) is 0. The minimum absolute atomic E-state index is 0.0271. The third-order valence-electron chi connectivity index (χ3n) is 1.63. The predicted molar refractivity (Wildman–Crippen MR) is 50.4 cm³/mol. The smallest absolute Gasteiger partial charge is 0.320 e. The number of amides is 1. The molecule has 0 aliphatic rings. The van der Waals surface area contributed by atoms with E-state index < -0.39 is 5.91 Å². The Labute approximate surface area is 81.1 Å². The summed E-state index contributed by atoms with van der Waals surface area (Å²) in [5.41, 5.74) is 10.3. The molecular formula is C7H13N5O2. The van der Waals surface area contributed by atoms with Crippen molar-refractivity contribution < 1.29 is 9.21 Å². The lowest BCUT2D eigenvalue weighted by Gasteiger charge is -2.22. The number of hydrogen-bond donors (Lipinski definition) is 2. The molecule has 0 saturated heterocycles. The van der Waals surface area contributed by atoms with Crippen LogP contribution < -0.4 is 16.4 Å². The number of anilines is 2. The lowest BCUT2D eigenvalue weighted by atomic mass is 10.3. The van der Waals surface area contributed by atoms with Crippen LogP contribution in [0.1, 0.15) is 13.8 Å². The van der Waals surface area contributed by atoms with Crippen LogP contribution in [0.15, 0.2) is 4.42 Å². The molecule has 78 valence electrons. The van der Waals surface area contributed by atoms with E-state index in [1.54, 1.807) is 4.90 Å². The van der Waals surface area contributed by atoms with Crippen LogP contribution in [0.2, 0.25) is 0 Å². The monoisotopic (exact) mass is 199 g/mol. The van der Waals surface area contributed by atoms with Gasteiger partial charge in [-0.2, -0.15) is 0 Å². The van der Waals surface area contributed by atoms with E-state index in [1.807, 2.05) is 13.8 Å². The fourth-order valence-electron chi connectivity index (χ4n) is 0.981. The van der Waals surface area contributed by atoms with Gasteiger partial charge >= 0.3 is 12.0 Å². The zero-order valence-electron chi connectivity index (χ0n) is 8.10. The molecule has 1 aromatic heterocycles. The van der Waals surface area contributed by atoms with Crippen LogP contribution in [0.25, 0.3) is 0 Å². The van der Waals surface area contributed by atoms with E-state index in [1.165, 1.54) is 0 Å². The van der Waals surface area contributed by atoms with Crippen LogP contribution in [-0.4, -0.2) is 28.7 Å². The lowest BCUT2D eigenvalue weighted by Crippen LogP contribution is -2.38. The van der Waals surface area contributed by atoms with Gasteiger partial charge in [0.05, 0.1) is 0 Å². The average Bonchev–Trinajstić information content (AvgIpc) is 2.46. The Kier molecular flexibility index (Phi) is 2.90. The quantitative estimate of drug-likeness (QED) is 0.666. The van der Waals surface area contributed by atoms with Gasteiger partial charge in [0.15, 0.2) is 0 Å². The molecule has 7 heteroatoms. The van der Waals surface area contributed by atoms with E-state index in [2.05, 4.69) is 10.2 Å². The Balaban J connectivity index is 2.82. The van der Waals surface area contributed by atoms with Gasteiger partial charge in [-0.05, 0) is 13.8 Å². The number of rotatable bonds is 4. The molecule has 0 fully saturated rings. The molecular weight excluding hydrogens is 186 g/mol. The largest absolute Gasteiger partial charge is 0.390 e. The standard InChI is InChI=1S/C7H13N5O2/c1-4(2)12(3-5(8)13)7-11-10-6(9)14-7/h4H,3H2,1-2H3,(H2,8,13)(H2,9,10). The number of aromatic nitrogens is 2. The summed E-state index contributed by atoms with van der Waals surface area (Å²) in [6.45, 7) is 3.78. The van der Waals surface area contributed by atoms with Crippen LogP contribution in [-0.2, 0) is 4.79 Å². The molecule has 7 nitrogen and oxygen atoms in total. The van der Waals surface area contributed by atoms with Gasteiger partial charge in [-0.1, -0.05) is 10.2 Å². The van der Waals surface area contributed by atoms with Crippen molar-refractivity contribution in [1.29, 1.82) is 0 Å². The maximum Gasteiger partial charge on any atom is 0.320 e. The molecule has 0 atom stereocenters. The molecule has 1 amide bonds. The molecule has 1 rings (SSSR count). The van der Waals surface area contributed by atoms with Crippen molar-refractivity contribution in [3.8, 4) is 0 Å². The SMILES string of the molecule is CC(C)N(CC(N)=O)c1nnc(N)o1. The third kappa shape index (κ3) is 2.35. The van der Waals surface area contributed by atoms with Crippen LogP contribution >= 0.6 is 0 Å². The van der Waals surface area contributed by atoms with E-state index in [0.717, 1.165) is 0 Å². The predicted octanol–water partition coefficient (Wildman–Crippen LogP) is -0.648. The number of carbonyl (C=O) groups excluding carboxylic acids is 1. The number of primary amides is 1. The van der Waals surface area contributed by atoms with Crippen molar-refractivity contribution in [3.05, 3.63) is 0 Å². The summed E-state index contributed by atoms with van der Waals surface area (Å²) in [6, 6.07) is 0.203. The molecule has 0 spiro atoms. The average molecular weight is 199 g/mol. The molecule has 0 aliphatic carbocycles. The van der Waals surface area contributed by atoms with E-state index in [0.29, 0.717) is 0 Å². The second-order valence-corrected chi connectivity index (χ2v) is 3.11. The first-order chi connectivity index (χ1) is 6.50. The molecule has 0 unspecified atom stereocenters. The zero-order valence-corrected chi connectivity index (χ0v) is 8.10. The van der Waals surface area contributed by atoms with Crippen molar-refractivity contribution in [2.75, 3.05) is 17.2 Å². The van der Waals surface area contributed by atoms with Crippen LogP contribution in [0, 0.1) is 0 Å². The number of hydrogen-bond acceptors (Lipinski definition) is 6. The number of carbonyl (C=O) groups is 1. The first-order valence-corrected chi connectivity index (χ1v) is 4.14. The molecule has 1 aromatic rings. The molecule has 1 heterocycles. The van der Waals surface area contributed by atoms with E-state index in [4.69, 9.17) is 15.9 Å². The van der Waals surface area contributed by atoms with Crippen molar-refractivity contribution >= 4 is 17.9 Å². The van der Waals surface area contributed by atoms with E-state index in [9.17, 15) is 4.79 Å². The molecule has 4 N–H and O–H groups in total. The zero-order chi connectivity index (χ0) is 10.7. The molecule has 14 heavy (non-hydrogen) atoms. The Bertz CT molecular complexity index is 322. The summed E-state index contributed by atoms with van der Waals surface area (Å²) in [5, 5.41) is 7.16. The van der Waals surface area contributed by atoms with E-state index in [-0.39, 0.29) is 24.6 Å². The van der Waals surface area contributed by atoms with Crippen molar-refractivity contribution in [2.24, 2.45) is 5.73 Å². The topological polar surface area (TPSA) is 111 Å². The Hall–Kier alpha value is -1.79. The normalized spacial score (nSPS) is 10.5. The number of nitrogens with zero attached hydrogens (tertiary/aromatic N) is 3. The summed E-state index contributed by atoms with van der Waals surface area (Å²) in [4.78, 5) is 12.3. The maximum absolute atomic E-state index is 10.8. The fraction of sp³-hybridized carbons (Fsp3) is 0.571. The summed E-state index contributed by atoms with van der Waals surface area (Å²) in [6.07, 6.45) is 0. The first kappa shape index (κ1) is 10.3. The highest BCUT2D eigenvalue weighted by Crippen LogP contribution is 2.15. The number of nitrogens with two attached hydrogens (primary N) is 2. The van der Waals surface area contributed by atoms with Gasteiger partial charge in [-0.25, -0.2) is 0 Å². The Morgan fingerprint density at radius 2 is 2.21 bits per heavy atom. The molecule has 0 bridgehead atoms. The van der Waals surface area contributed by atoms with Gasteiger partial charge in [-0.3, -0.25) is 4.79 Å². The summed E-state index contributed by atoms with van der Waals surface area (Å²) < 4.78 is 4.98. The fourth-order valence-corrected chi connectivity index (χ4v) is 0.981. The Morgan fingerprint density at radius 3 is 2.57 bits per heavy atom. The first-order valence-electron chi connectivity index (χ1n) is 4.14. The second kappa shape index (κ2) is 3.95. The van der Waals surface area contributed by atoms with Gasteiger partial charge < -0.3 is 20.8 Å². The highest BCUT2D eigenvalue weighted by molar-refractivity contribution is 5.78. The highest BCUT2D eigenvalue weighted by Gasteiger charge is 2.18. The maximum atomic E-state index is 10.8. The van der Waals surface area contributed by atoms with Crippen molar-refractivity contribution in [3.63, 3.8) is 0 Å². The molecule has 0 radical (unpaired) electrons. The van der Waals surface area contributed by atoms with Gasteiger partial charge in [0, 0.05) is 6.04 Å². The van der Waals surface area contributed by atoms with Crippen LogP contribution in [0.5, 0.6) is 0 Å². The van der Waals surface area contributed by atoms with Gasteiger partial charge in [-0.15, -0.1) is 0 Å². The minimum atomic E-state index is -0.463. The second-order valence-electron chi connectivity index (χ2n) is 3.11. The van der Waals surface area contributed by atoms with Crippen molar-refractivity contribution in [1.82, 2.24) is 10.2 Å². The number of nitrogen functional groups attached to an aromatic ring is 1.